The Balaban J connectivity index is 0.00000300. The van der Waals surface area contributed by atoms with Gasteiger partial charge in [0.25, 0.3) is 0 Å². The number of likely N-dealkylation sites (tertiary alicyclic amines) is 1. The van der Waals surface area contributed by atoms with Crippen molar-refractivity contribution < 1.29 is 8.42 Å². The molecule has 1 aromatic carbocycles. The van der Waals surface area contributed by atoms with Gasteiger partial charge in [0, 0.05) is 33.2 Å². The van der Waals surface area contributed by atoms with E-state index in [4.69, 9.17) is 0 Å². The number of rotatable bonds is 4. The maximum atomic E-state index is 12.2. The molecule has 0 spiro atoms. The maximum Gasteiger partial charge on any atom is 0.193 e. The van der Waals surface area contributed by atoms with Crippen LogP contribution in [0.25, 0.3) is 0 Å². The van der Waals surface area contributed by atoms with Crippen LogP contribution >= 0.6 is 24.0 Å². The van der Waals surface area contributed by atoms with E-state index in [-0.39, 0.29) is 29.7 Å². The molecule has 2 aliphatic heterocycles. The molecule has 8 heteroatoms. The number of nitrogens with zero attached hydrogens (tertiary/aromatic N) is 3. The van der Waals surface area contributed by atoms with Crippen molar-refractivity contribution in [2.75, 3.05) is 39.0 Å². The van der Waals surface area contributed by atoms with Crippen molar-refractivity contribution in [3.05, 3.63) is 35.4 Å². The summed E-state index contributed by atoms with van der Waals surface area (Å²) < 4.78 is 23.7. The second-order valence-electron chi connectivity index (χ2n) is 8.55. The molecule has 0 aromatic heterocycles. The normalized spacial score (nSPS) is 22.0. The Labute approximate surface area is 193 Å². The summed E-state index contributed by atoms with van der Waals surface area (Å²) in [5.74, 6) is 0.937. The van der Waals surface area contributed by atoms with Gasteiger partial charge in [0.05, 0.1) is 10.5 Å². The van der Waals surface area contributed by atoms with Crippen molar-refractivity contribution in [2.24, 2.45) is 4.99 Å². The van der Waals surface area contributed by atoms with Gasteiger partial charge in [-0.15, -0.1) is 24.0 Å². The van der Waals surface area contributed by atoms with E-state index in [1.165, 1.54) is 43.5 Å². The molecule has 0 atom stereocenters. The Morgan fingerprint density at radius 2 is 1.69 bits per heavy atom. The van der Waals surface area contributed by atoms with Gasteiger partial charge in [-0.25, -0.2) is 8.42 Å². The first-order chi connectivity index (χ1) is 13.3. The summed E-state index contributed by atoms with van der Waals surface area (Å²) in [5, 5.41) is 3.39. The zero-order chi connectivity index (χ0) is 20.2. The zero-order valence-corrected chi connectivity index (χ0v) is 21.0. The minimum absolute atomic E-state index is 0. The topological polar surface area (TPSA) is 65.0 Å². The zero-order valence-electron chi connectivity index (χ0n) is 17.9. The van der Waals surface area contributed by atoms with E-state index >= 15 is 0 Å². The molecule has 0 amide bonds. The number of aliphatic imine (C=N–C) groups is 1. The van der Waals surface area contributed by atoms with Crippen LogP contribution < -0.4 is 5.32 Å². The molecule has 2 saturated heterocycles. The number of hydrogen-bond donors (Lipinski definition) is 1. The van der Waals surface area contributed by atoms with Crippen LogP contribution in [-0.4, -0.2) is 67.9 Å². The highest BCUT2D eigenvalue weighted by atomic mass is 127. The van der Waals surface area contributed by atoms with Crippen molar-refractivity contribution in [1.29, 1.82) is 0 Å². The average molecular weight is 535 g/mol. The van der Waals surface area contributed by atoms with Crippen molar-refractivity contribution in [1.82, 2.24) is 15.1 Å². The number of piperidine rings is 1. The van der Waals surface area contributed by atoms with E-state index in [1.54, 1.807) is 20.9 Å². The summed E-state index contributed by atoms with van der Waals surface area (Å²) >= 11 is 0. The lowest BCUT2D eigenvalue weighted by Crippen LogP contribution is -2.57. The first kappa shape index (κ1) is 24.4. The van der Waals surface area contributed by atoms with E-state index in [0.29, 0.717) is 19.6 Å². The van der Waals surface area contributed by atoms with Gasteiger partial charge in [-0.05, 0) is 50.9 Å². The minimum atomic E-state index is -3.05. The van der Waals surface area contributed by atoms with Crippen LogP contribution in [0.4, 0.5) is 0 Å². The van der Waals surface area contributed by atoms with Crippen LogP contribution in [0, 0.1) is 0 Å². The van der Waals surface area contributed by atoms with Crippen LogP contribution in [0.2, 0.25) is 0 Å². The number of nitrogens with one attached hydrogen (secondary N) is 1. The van der Waals surface area contributed by atoms with E-state index < -0.39 is 14.6 Å². The van der Waals surface area contributed by atoms with Gasteiger partial charge in [0.2, 0.25) is 0 Å². The molecule has 1 aromatic rings. The third kappa shape index (κ3) is 6.30. The quantitative estimate of drug-likeness (QED) is 0.366. The number of hydrogen-bond acceptors (Lipinski definition) is 4. The Morgan fingerprint density at radius 1 is 1.07 bits per heavy atom. The molecule has 1 N–H and O–H groups in total. The summed E-state index contributed by atoms with van der Waals surface area (Å²) in [4.78, 5) is 8.94. The molecule has 29 heavy (non-hydrogen) atoms. The van der Waals surface area contributed by atoms with E-state index in [1.807, 2.05) is 4.90 Å². The van der Waals surface area contributed by atoms with Gasteiger partial charge >= 0.3 is 0 Å². The second kappa shape index (κ2) is 10.4. The van der Waals surface area contributed by atoms with E-state index in [9.17, 15) is 8.42 Å². The van der Waals surface area contributed by atoms with Crippen LogP contribution in [0.15, 0.2) is 29.3 Å². The minimum Gasteiger partial charge on any atom is -0.352 e. The fraction of sp³-hybridized carbons (Fsp3) is 0.667. The number of halogens is 1. The molecule has 164 valence electrons. The Morgan fingerprint density at radius 3 is 2.28 bits per heavy atom. The number of guanidine groups is 1. The van der Waals surface area contributed by atoms with Crippen LogP contribution in [-0.2, 0) is 22.9 Å². The average Bonchev–Trinajstić information content (AvgIpc) is 2.67. The smallest absolute Gasteiger partial charge is 0.193 e. The predicted molar refractivity (Wildman–Crippen MR) is 131 cm³/mol. The molecule has 2 aliphatic rings. The van der Waals surface area contributed by atoms with E-state index in [0.717, 1.165) is 12.5 Å². The monoisotopic (exact) mass is 534 g/mol. The molecule has 3 rings (SSSR count). The molecular weight excluding hydrogens is 499 g/mol. The number of benzene rings is 1. The van der Waals surface area contributed by atoms with Gasteiger partial charge in [-0.2, -0.15) is 0 Å². The Bertz CT molecular complexity index is 787. The summed E-state index contributed by atoms with van der Waals surface area (Å²) in [6.45, 7) is 8.67. The van der Waals surface area contributed by atoms with Gasteiger partial charge in [-0.1, -0.05) is 30.7 Å². The molecule has 0 bridgehead atoms. The SMILES string of the molecule is CN=C(NCc1ccc(CN2CCCCC2)cc1)N1CCS(=O)(=O)C(C)(C)C1.I. The molecule has 6 nitrogen and oxygen atoms in total. The highest BCUT2D eigenvalue weighted by molar-refractivity contribution is 14.0. The standard InChI is InChI=1S/C21H34N4O2S.HI/c1-21(2)17-25(13-14-28(21,26)27)20(22-3)23-15-18-7-9-19(10-8-18)16-24-11-5-4-6-12-24;/h7-10H,4-6,11-17H2,1-3H3,(H,22,23);1H. The summed E-state index contributed by atoms with van der Waals surface area (Å²) in [7, 11) is -1.30. The Kier molecular flexibility index (Phi) is 8.78. The lowest BCUT2D eigenvalue weighted by molar-refractivity contribution is 0.221. The Hall–Kier alpha value is -0.870. The van der Waals surface area contributed by atoms with Crippen LogP contribution in [0.5, 0.6) is 0 Å². The third-order valence-electron chi connectivity index (χ3n) is 5.88. The largest absolute Gasteiger partial charge is 0.352 e. The highest BCUT2D eigenvalue weighted by Gasteiger charge is 2.40. The summed E-state index contributed by atoms with van der Waals surface area (Å²) in [6, 6.07) is 8.77. The van der Waals surface area contributed by atoms with Crippen LogP contribution in [0.3, 0.4) is 0 Å². The molecule has 2 heterocycles. The van der Waals surface area contributed by atoms with Gasteiger partial charge in [0.1, 0.15) is 0 Å². The number of sulfone groups is 1. The van der Waals surface area contributed by atoms with Crippen molar-refractivity contribution in [3.63, 3.8) is 0 Å². The van der Waals surface area contributed by atoms with Gasteiger partial charge in [-0.3, -0.25) is 9.89 Å². The van der Waals surface area contributed by atoms with Gasteiger partial charge < -0.3 is 10.2 Å². The lowest BCUT2D eigenvalue weighted by Gasteiger charge is -2.39. The summed E-state index contributed by atoms with van der Waals surface area (Å²) in [6.07, 6.45) is 3.99. The fourth-order valence-corrected chi connectivity index (χ4v) is 5.34. The van der Waals surface area contributed by atoms with Crippen molar-refractivity contribution >= 4 is 39.8 Å². The first-order valence-electron chi connectivity index (χ1n) is 10.3. The highest BCUT2D eigenvalue weighted by Crippen LogP contribution is 2.23. The van der Waals surface area contributed by atoms with E-state index in [2.05, 4.69) is 39.5 Å². The molecule has 2 fully saturated rings. The van der Waals surface area contributed by atoms with Gasteiger partial charge in [0.15, 0.2) is 15.8 Å². The fourth-order valence-electron chi connectivity index (χ4n) is 3.98. The maximum absolute atomic E-state index is 12.2. The molecule has 0 saturated carbocycles. The molecule has 0 unspecified atom stereocenters. The third-order valence-corrected chi connectivity index (χ3v) is 8.42. The molecular formula is C21H35IN4O2S. The van der Waals surface area contributed by atoms with Crippen LogP contribution in [0.1, 0.15) is 44.2 Å². The van der Waals surface area contributed by atoms with Crippen molar-refractivity contribution in [3.8, 4) is 0 Å². The second-order valence-corrected chi connectivity index (χ2v) is 11.3. The van der Waals surface area contributed by atoms with Crippen molar-refractivity contribution in [2.45, 2.75) is 50.9 Å². The molecule has 0 radical (unpaired) electrons. The summed E-state index contributed by atoms with van der Waals surface area (Å²) in [5.41, 5.74) is 2.56. The first-order valence-corrected chi connectivity index (χ1v) is 11.9. The molecule has 0 aliphatic carbocycles. The lowest BCUT2D eigenvalue weighted by atomic mass is 10.1. The predicted octanol–water partition coefficient (Wildman–Crippen LogP) is 2.87.